The fourth-order valence-corrected chi connectivity index (χ4v) is 4.74. The standard InChI is InChI=1S/C22H24ClN7O2/c1-11(31)7-29-8-14(9-29)19-16(6-24)17(23)5-15(20(19)32-4)13(3)30-22-18(12(2)28-30)21(25)26-10-27-22/h5,10,13-14H,7-9H2,1-4H3,(H2,25,26,27)/t13-/m0/s1. The number of Topliss-reactive ketones (excluding diaryl/α,β-unsaturated/α-hetero) is 1. The molecule has 0 unspecified atom stereocenters. The Balaban J connectivity index is 1.82. The third kappa shape index (κ3) is 3.55. The van der Waals surface area contributed by atoms with Crippen molar-refractivity contribution in [1.29, 1.82) is 5.26 Å². The van der Waals surface area contributed by atoms with Crippen molar-refractivity contribution in [1.82, 2.24) is 24.6 Å². The number of hydrogen-bond acceptors (Lipinski definition) is 8. The molecule has 0 radical (unpaired) electrons. The van der Waals surface area contributed by atoms with Crippen molar-refractivity contribution in [3.63, 3.8) is 0 Å². The van der Waals surface area contributed by atoms with E-state index in [0.29, 0.717) is 52.8 Å². The van der Waals surface area contributed by atoms with Crippen LogP contribution < -0.4 is 10.5 Å². The van der Waals surface area contributed by atoms with Crippen LogP contribution in [0.4, 0.5) is 5.82 Å². The monoisotopic (exact) mass is 453 g/mol. The number of benzene rings is 1. The molecule has 1 aliphatic heterocycles. The van der Waals surface area contributed by atoms with Crippen LogP contribution in [0, 0.1) is 18.3 Å². The molecule has 166 valence electrons. The number of nitrogens with two attached hydrogens (primary N) is 1. The highest BCUT2D eigenvalue weighted by atomic mass is 35.5. The maximum atomic E-state index is 11.5. The summed E-state index contributed by atoms with van der Waals surface area (Å²) in [6, 6.07) is 3.69. The van der Waals surface area contributed by atoms with Crippen LogP contribution in [0.5, 0.6) is 5.75 Å². The number of nitrogens with zero attached hydrogens (tertiary/aromatic N) is 6. The number of rotatable bonds is 6. The van der Waals surface area contributed by atoms with Crippen molar-refractivity contribution >= 4 is 34.2 Å². The summed E-state index contributed by atoms with van der Waals surface area (Å²) in [6.45, 7) is 7.11. The first-order valence-electron chi connectivity index (χ1n) is 10.2. The van der Waals surface area contributed by atoms with Gasteiger partial charge in [-0.15, -0.1) is 0 Å². The molecule has 32 heavy (non-hydrogen) atoms. The molecule has 0 saturated carbocycles. The van der Waals surface area contributed by atoms with Gasteiger partial charge in [0, 0.05) is 30.1 Å². The molecule has 10 heteroatoms. The molecular formula is C22H24ClN7O2. The number of hydrogen-bond donors (Lipinski definition) is 1. The van der Waals surface area contributed by atoms with E-state index >= 15 is 0 Å². The molecule has 1 aromatic carbocycles. The van der Waals surface area contributed by atoms with E-state index in [1.54, 1.807) is 24.8 Å². The van der Waals surface area contributed by atoms with Crippen LogP contribution in [-0.2, 0) is 4.79 Å². The van der Waals surface area contributed by atoms with E-state index in [1.165, 1.54) is 6.33 Å². The maximum Gasteiger partial charge on any atom is 0.164 e. The van der Waals surface area contributed by atoms with Gasteiger partial charge < -0.3 is 10.5 Å². The highest BCUT2D eigenvalue weighted by Gasteiger charge is 2.35. The topological polar surface area (TPSA) is 123 Å². The molecule has 1 fully saturated rings. The normalized spacial score (nSPS) is 15.4. The summed E-state index contributed by atoms with van der Waals surface area (Å²) in [5.41, 5.74) is 9.35. The molecule has 0 spiro atoms. The minimum absolute atomic E-state index is 0.0395. The van der Waals surface area contributed by atoms with E-state index in [4.69, 9.17) is 22.1 Å². The first-order valence-corrected chi connectivity index (χ1v) is 10.6. The smallest absolute Gasteiger partial charge is 0.164 e. The fourth-order valence-electron chi connectivity index (χ4n) is 4.48. The number of likely N-dealkylation sites (tertiary alicyclic amines) is 1. The number of fused-ring (bicyclic) bond motifs is 1. The van der Waals surface area contributed by atoms with Crippen LogP contribution in [0.1, 0.15) is 48.2 Å². The first-order chi connectivity index (χ1) is 15.3. The van der Waals surface area contributed by atoms with Crippen LogP contribution in [-0.4, -0.2) is 57.2 Å². The van der Waals surface area contributed by atoms with E-state index in [-0.39, 0.29) is 17.7 Å². The third-order valence-electron chi connectivity index (χ3n) is 5.93. The molecule has 3 heterocycles. The summed E-state index contributed by atoms with van der Waals surface area (Å²) in [5, 5.41) is 15.5. The predicted molar refractivity (Wildman–Crippen MR) is 121 cm³/mol. The van der Waals surface area contributed by atoms with E-state index in [0.717, 1.165) is 16.8 Å². The maximum absolute atomic E-state index is 11.5. The van der Waals surface area contributed by atoms with Gasteiger partial charge in [-0.05, 0) is 26.8 Å². The predicted octanol–water partition coefficient (Wildman–Crippen LogP) is 2.85. The number of carbonyl (C=O) groups excluding carboxylic acids is 1. The second-order valence-corrected chi connectivity index (χ2v) is 8.55. The molecular weight excluding hydrogens is 430 g/mol. The quantitative estimate of drug-likeness (QED) is 0.604. The molecule has 1 atom stereocenters. The Kier molecular flexibility index (Phi) is 5.75. The number of halogens is 1. The van der Waals surface area contributed by atoms with E-state index in [2.05, 4.69) is 21.1 Å². The number of carbonyl (C=O) groups is 1. The highest BCUT2D eigenvalue weighted by Crippen LogP contribution is 2.44. The van der Waals surface area contributed by atoms with E-state index in [9.17, 15) is 10.1 Å². The van der Waals surface area contributed by atoms with Crippen molar-refractivity contribution in [3.8, 4) is 11.8 Å². The molecule has 0 amide bonds. The van der Waals surface area contributed by atoms with Crippen LogP contribution in [0.25, 0.3) is 11.0 Å². The van der Waals surface area contributed by atoms with Crippen LogP contribution in [0.2, 0.25) is 5.02 Å². The van der Waals surface area contributed by atoms with Gasteiger partial charge >= 0.3 is 0 Å². The Labute approximate surface area is 190 Å². The number of aromatic nitrogens is 4. The van der Waals surface area contributed by atoms with Crippen molar-refractivity contribution in [2.75, 3.05) is 32.5 Å². The summed E-state index contributed by atoms with van der Waals surface area (Å²) in [6.07, 6.45) is 1.41. The van der Waals surface area contributed by atoms with Gasteiger partial charge in [-0.25, -0.2) is 14.6 Å². The van der Waals surface area contributed by atoms with E-state index in [1.807, 2.05) is 18.7 Å². The second-order valence-electron chi connectivity index (χ2n) is 8.14. The number of nitrogen functional groups attached to an aromatic ring is 1. The van der Waals surface area contributed by atoms with Gasteiger partial charge in [-0.1, -0.05) is 11.6 Å². The zero-order valence-electron chi connectivity index (χ0n) is 18.4. The number of methoxy groups -OCH3 is 1. The number of ketones is 1. The minimum atomic E-state index is -0.298. The summed E-state index contributed by atoms with van der Waals surface area (Å²) in [7, 11) is 1.59. The van der Waals surface area contributed by atoms with Crippen molar-refractivity contribution in [3.05, 3.63) is 39.8 Å². The molecule has 2 N–H and O–H groups in total. The molecule has 1 saturated heterocycles. The molecule has 9 nitrogen and oxygen atoms in total. The summed E-state index contributed by atoms with van der Waals surface area (Å²) in [4.78, 5) is 22.0. The fraction of sp³-hybridized carbons (Fsp3) is 0.409. The lowest BCUT2D eigenvalue weighted by Crippen LogP contribution is -2.47. The summed E-state index contributed by atoms with van der Waals surface area (Å²) in [5.74, 6) is 1.13. The minimum Gasteiger partial charge on any atom is -0.496 e. The van der Waals surface area contributed by atoms with Crippen LogP contribution in [0.15, 0.2) is 12.4 Å². The van der Waals surface area contributed by atoms with E-state index < -0.39 is 0 Å². The molecule has 2 aromatic heterocycles. The van der Waals surface area contributed by atoms with Gasteiger partial charge in [-0.3, -0.25) is 9.69 Å². The summed E-state index contributed by atoms with van der Waals surface area (Å²) < 4.78 is 7.61. The van der Waals surface area contributed by atoms with Gasteiger partial charge in [0.1, 0.15) is 29.7 Å². The molecule has 3 aromatic rings. The molecule has 0 aliphatic carbocycles. The van der Waals surface area contributed by atoms with Gasteiger partial charge in [0.2, 0.25) is 0 Å². The lowest BCUT2D eigenvalue weighted by Gasteiger charge is -2.40. The molecule has 4 rings (SSSR count). The second kappa shape index (κ2) is 8.37. The Morgan fingerprint density at radius 3 is 2.78 bits per heavy atom. The third-order valence-corrected chi connectivity index (χ3v) is 6.23. The van der Waals surface area contributed by atoms with Crippen molar-refractivity contribution in [2.45, 2.75) is 32.7 Å². The van der Waals surface area contributed by atoms with Crippen molar-refractivity contribution < 1.29 is 9.53 Å². The SMILES string of the molecule is COc1c([C@H](C)n2nc(C)c3c(N)ncnc32)cc(Cl)c(C#N)c1C1CN(CC(C)=O)C1. The summed E-state index contributed by atoms with van der Waals surface area (Å²) >= 11 is 6.57. The molecule has 1 aliphatic rings. The average Bonchev–Trinajstić information content (AvgIpc) is 3.06. The largest absolute Gasteiger partial charge is 0.496 e. The highest BCUT2D eigenvalue weighted by molar-refractivity contribution is 6.32. The Morgan fingerprint density at radius 1 is 1.44 bits per heavy atom. The van der Waals surface area contributed by atoms with Gasteiger partial charge in [0.05, 0.1) is 41.4 Å². The van der Waals surface area contributed by atoms with Gasteiger partial charge in [-0.2, -0.15) is 10.4 Å². The average molecular weight is 454 g/mol. The Morgan fingerprint density at radius 2 is 2.16 bits per heavy atom. The number of nitriles is 1. The Hall–Kier alpha value is -3.22. The van der Waals surface area contributed by atoms with Crippen molar-refractivity contribution in [2.24, 2.45) is 0 Å². The zero-order valence-corrected chi connectivity index (χ0v) is 19.1. The molecule has 0 bridgehead atoms. The lowest BCUT2D eigenvalue weighted by atomic mass is 9.85. The number of aryl methyl sites for hydroxylation is 1. The first kappa shape index (κ1) is 22.0. The lowest BCUT2D eigenvalue weighted by molar-refractivity contribution is -0.119. The Bertz CT molecular complexity index is 1260. The van der Waals surface area contributed by atoms with Crippen LogP contribution >= 0.6 is 11.6 Å². The van der Waals surface area contributed by atoms with Gasteiger partial charge in [0.15, 0.2) is 5.65 Å². The van der Waals surface area contributed by atoms with Gasteiger partial charge in [0.25, 0.3) is 0 Å². The number of ether oxygens (including phenoxy) is 1. The zero-order chi connectivity index (χ0) is 23.2. The van der Waals surface area contributed by atoms with Crippen LogP contribution in [0.3, 0.4) is 0 Å². The number of anilines is 1.